The van der Waals surface area contributed by atoms with Crippen molar-refractivity contribution in [1.82, 2.24) is 15.1 Å². The second-order valence-electron chi connectivity index (χ2n) is 4.57. The van der Waals surface area contributed by atoms with Crippen molar-refractivity contribution in [2.45, 2.75) is 39.3 Å². The molecule has 0 bridgehead atoms. The van der Waals surface area contributed by atoms with Gasteiger partial charge in [0.2, 0.25) is 0 Å². The Kier molecular flexibility index (Phi) is 3.47. The summed E-state index contributed by atoms with van der Waals surface area (Å²) in [6.45, 7) is 7.22. The van der Waals surface area contributed by atoms with Crippen molar-refractivity contribution in [2.24, 2.45) is 0 Å². The molecule has 1 aliphatic heterocycles. The highest BCUT2D eigenvalue weighted by molar-refractivity contribution is 5.95. The second-order valence-corrected chi connectivity index (χ2v) is 4.57. The molecule has 5 nitrogen and oxygen atoms in total. The van der Waals surface area contributed by atoms with Crippen LogP contribution >= 0.6 is 0 Å². The van der Waals surface area contributed by atoms with Crippen LogP contribution in [0.5, 0.6) is 0 Å². The van der Waals surface area contributed by atoms with E-state index in [2.05, 4.69) is 17.1 Å². The fraction of sp³-hybridized carbons (Fsp3) is 0.667. The normalized spacial score (nSPS) is 25.0. The SMILES string of the molecule is CCC1COC(C)CN1C(=O)c1cn[nH]c1C. The zero-order valence-corrected chi connectivity index (χ0v) is 10.6. The summed E-state index contributed by atoms with van der Waals surface area (Å²) in [5.41, 5.74) is 1.49. The second kappa shape index (κ2) is 4.87. The van der Waals surface area contributed by atoms with E-state index < -0.39 is 0 Å². The molecular formula is C12H19N3O2. The Balaban J connectivity index is 2.19. The third-order valence-electron chi connectivity index (χ3n) is 3.26. The number of amides is 1. The first-order valence-electron chi connectivity index (χ1n) is 6.06. The molecule has 5 heteroatoms. The lowest BCUT2D eigenvalue weighted by atomic mass is 10.1. The fourth-order valence-electron chi connectivity index (χ4n) is 2.15. The van der Waals surface area contributed by atoms with E-state index >= 15 is 0 Å². The molecule has 1 aliphatic rings. The number of aryl methyl sites for hydroxylation is 1. The van der Waals surface area contributed by atoms with Crippen molar-refractivity contribution in [2.75, 3.05) is 13.2 Å². The topological polar surface area (TPSA) is 58.2 Å². The molecule has 0 radical (unpaired) electrons. The van der Waals surface area contributed by atoms with Gasteiger partial charge < -0.3 is 9.64 Å². The molecule has 1 saturated heterocycles. The average molecular weight is 237 g/mol. The number of morpholine rings is 1. The minimum atomic E-state index is 0.0539. The number of hydrogen-bond donors (Lipinski definition) is 1. The van der Waals surface area contributed by atoms with Gasteiger partial charge in [0.05, 0.1) is 30.5 Å². The molecule has 2 rings (SSSR count). The number of nitrogens with one attached hydrogen (secondary N) is 1. The molecule has 17 heavy (non-hydrogen) atoms. The van der Waals surface area contributed by atoms with Crippen molar-refractivity contribution in [3.05, 3.63) is 17.5 Å². The van der Waals surface area contributed by atoms with Crippen LogP contribution in [0.3, 0.4) is 0 Å². The summed E-state index contributed by atoms with van der Waals surface area (Å²) in [5, 5.41) is 6.71. The van der Waals surface area contributed by atoms with E-state index in [0.717, 1.165) is 12.1 Å². The first-order chi connectivity index (χ1) is 8.13. The van der Waals surface area contributed by atoms with Gasteiger partial charge in [0.15, 0.2) is 0 Å². The number of rotatable bonds is 2. The summed E-state index contributed by atoms with van der Waals surface area (Å²) in [6, 6.07) is 0.174. The smallest absolute Gasteiger partial charge is 0.257 e. The molecule has 1 aromatic rings. The zero-order valence-electron chi connectivity index (χ0n) is 10.6. The Morgan fingerprint density at radius 2 is 2.47 bits per heavy atom. The Hall–Kier alpha value is -1.36. The lowest BCUT2D eigenvalue weighted by Gasteiger charge is -2.38. The summed E-state index contributed by atoms with van der Waals surface area (Å²) < 4.78 is 5.59. The highest BCUT2D eigenvalue weighted by Gasteiger charge is 2.30. The van der Waals surface area contributed by atoms with Crippen LogP contribution < -0.4 is 0 Å². The van der Waals surface area contributed by atoms with Crippen LogP contribution in [0.2, 0.25) is 0 Å². The lowest BCUT2D eigenvalue weighted by Crippen LogP contribution is -2.51. The molecule has 0 aliphatic carbocycles. The van der Waals surface area contributed by atoms with Crippen LogP contribution in [0.4, 0.5) is 0 Å². The van der Waals surface area contributed by atoms with Gasteiger partial charge in [0.25, 0.3) is 5.91 Å². The number of carbonyl (C=O) groups excluding carboxylic acids is 1. The van der Waals surface area contributed by atoms with Crippen molar-refractivity contribution < 1.29 is 9.53 Å². The van der Waals surface area contributed by atoms with Crippen LogP contribution in [-0.4, -0.2) is 46.3 Å². The maximum Gasteiger partial charge on any atom is 0.257 e. The number of hydrogen-bond acceptors (Lipinski definition) is 3. The predicted molar refractivity (Wildman–Crippen MR) is 63.9 cm³/mol. The van der Waals surface area contributed by atoms with Crippen molar-refractivity contribution in [3.63, 3.8) is 0 Å². The van der Waals surface area contributed by atoms with Crippen LogP contribution in [0.25, 0.3) is 0 Å². The highest BCUT2D eigenvalue weighted by atomic mass is 16.5. The Bertz CT molecular complexity index is 402. The van der Waals surface area contributed by atoms with E-state index in [9.17, 15) is 4.79 Å². The number of H-pyrrole nitrogens is 1. The van der Waals surface area contributed by atoms with Gasteiger partial charge in [-0.3, -0.25) is 9.89 Å². The molecular weight excluding hydrogens is 218 g/mol. The van der Waals surface area contributed by atoms with Crippen molar-refractivity contribution in [1.29, 1.82) is 0 Å². The minimum absolute atomic E-state index is 0.0539. The minimum Gasteiger partial charge on any atom is -0.375 e. The molecule has 0 spiro atoms. The molecule has 2 heterocycles. The summed E-state index contributed by atoms with van der Waals surface area (Å²) >= 11 is 0. The third kappa shape index (κ3) is 2.34. The molecule has 0 saturated carbocycles. The fourth-order valence-corrected chi connectivity index (χ4v) is 2.15. The molecule has 2 atom stereocenters. The number of aromatic nitrogens is 2. The molecule has 1 N–H and O–H groups in total. The first-order valence-corrected chi connectivity index (χ1v) is 6.06. The standard InChI is InChI=1S/C12H19N3O2/c1-4-10-7-17-8(2)6-15(10)12(16)11-5-13-14-9(11)3/h5,8,10H,4,6-7H2,1-3H3,(H,13,14). The summed E-state index contributed by atoms with van der Waals surface area (Å²) in [4.78, 5) is 14.3. The molecule has 94 valence electrons. The number of nitrogens with zero attached hydrogens (tertiary/aromatic N) is 2. The van der Waals surface area contributed by atoms with E-state index in [1.165, 1.54) is 0 Å². The van der Waals surface area contributed by atoms with Crippen molar-refractivity contribution >= 4 is 5.91 Å². The Labute approximate surface area is 101 Å². The van der Waals surface area contributed by atoms with Gasteiger partial charge in [-0.1, -0.05) is 6.92 Å². The largest absolute Gasteiger partial charge is 0.375 e. The van der Waals surface area contributed by atoms with Crippen LogP contribution in [0.1, 0.15) is 36.3 Å². The molecule has 1 aromatic heterocycles. The molecule has 2 unspecified atom stereocenters. The van der Waals surface area contributed by atoms with Gasteiger partial charge in [-0.05, 0) is 20.3 Å². The first kappa shape index (κ1) is 12.1. The maximum absolute atomic E-state index is 12.4. The van der Waals surface area contributed by atoms with Gasteiger partial charge in [-0.15, -0.1) is 0 Å². The van der Waals surface area contributed by atoms with Gasteiger partial charge in [0, 0.05) is 12.2 Å². The summed E-state index contributed by atoms with van der Waals surface area (Å²) in [6.07, 6.45) is 2.62. The number of aromatic amines is 1. The molecule has 0 aromatic carbocycles. The van der Waals surface area contributed by atoms with Gasteiger partial charge in [0.1, 0.15) is 0 Å². The Morgan fingerprint density at radius 3 is 3.06 bits per heavy atom. The van der Waals surface area contributed by atoms with Crippen LogP contribution in [0.15, 0.2) is 6.20 Å². The zero-order chi connectivity index (χ0) is 12.4. The van der Waals surface area contributed by atoms with E-state index in [0.29, 0.717) is 18.7 Å². The van der Waals surface area contributed by atoms with E-state index in [1.807, 2.05) is 18.7 Å². The molecule has 1 amide bonds. The molecule has 1 fully saturated rings. The highest BCUT2D eigenvalue weighted by Crippen LogP contribution is 2.18. The summed E-state index contributed by atoms with van der Waals surface area (Å²) in [7, 11) is 0. The van der Waals surface area contributed by atoms with E-state index in [4.69, 9.17) is 4.74 Å². The van der Waals surface area contributed by atoms with E-state index in [1.54, 1.807) is 6.20 Å². The predicted octanol–water partition coefficient (Wildman–Crippen LogP) is 1.36. The third-order valence-corrected chi connectivity index (χ3v) is 3.26. The van der Waals surface area contributed by atoms with Crippen LogP contribution in [-0.2, 0) is 4.74 Å². The van der Waals surface area contributed by atoms with Crippen molar-refractivity contribution in [3.8, 4) is 0 Å². The Morgan fingerprint density at radius 1 is 1.71 bits per heavy atom. The monoisotopic (exact) mass is 237 g/mol. The summed E-state index contributed by atoms with van der Waals surface area (Å²) in [5.74, 6) is 0.0539. The number of ether oxygens (including phenoxy) is 1. The van der Waals surface area contributed by atoms with E-state index in [-0.39, 0.29) is 18.1 Å². The maximum atomic E-state index is 12.4. The quantitative estimate of drug-likeness (QED) is 0.845. The van der Waals surface area contributed by atoms with Gasteiger partial charge in [-0.2, -0.15) is 5.10 Å². The van der Waals surface area contributed by atoms with Gasteiger partial charge in [-0.25, -0.2) is 0 Å². The number of carbonyl (C=O) groups is 1. The lowest BCUT2D eigenvalue weighted by molar-refractivity contribution is -0.0444. The van der Waals surface area contributed by atoms with Crippen LogP contribution in [0, 0.1) is 6.92 Å². The average Bonchev–Trinajstić information content (AvgIpc) is 2.74. The van der Waals surface area contributed by atoms with Gasteiger partial charge >= 0.3 is 0 Å².